The predicted octanol–water partition coefficient (Wildman–Crippen LogP) is 4.08. The van der Waals surface area contributed by atoms with Crippen LogP contribution in [-0.4, -0.2) is 49.0 Å². The van der Waals surface area contributed by atoms with Crippen LogP contribution in [0.5, 0.6) is 5.75 Å². The van der Waals surface area contributed by atoms with E-state index in [1.807, 2.05) is 30.3 Å². The number of nitrogens with zero attached hydrogens (tertiary/aromatic N) is 2. The highest BCUT2D eigenvalue weighted by molar-refractivity contribution is 5.99. The second-order valence-electron chi connectivity index (χ2n) is 7.73. The summed E-state index contributed by atoms with van der Waals surface area (Å²) in [6.07, 6.45) is 0.815. The van der Waals surface area contributed by atoms with E-state index in [1.165, 1.54) is 0 Å². The first kappa shape index (κ1) is 21.1. The van der Waals surface area contributed by atoms with E-state index >= 15 is 0 Å². The molecule has 1 aromatic heterocycles. The van der Waals surface area contributed by atoms with E-state index in [1.54, 1.807) is 30.2 Å². The highest BCUT2D eigenvalue weighted by Gasteiger charge is 2.42. The van der Waals surface area contributed by atoms with Gasteiger partial charge < -0.3 is 19.0 Å². The number of para-hydroxylation sites is 1. The molecule has 0 spiro atoms. The van der Waals surface area contributed by atoms with Gasteiger partial charge in [0.1, 0.15) is 11.3 Å². The van der Waals surface area contributed by atoms with Gasteiger partial charge in [-0.2, -0.15) is 0 Å². The fourth-order valence-corrected chi connectivity index (χ4v) is 4.36. The Bertz CT molecular complexity index is 1150. The van der Waals surface area contributed by atoms with Crippen molar-refractivity contribution in [2.45, 2.75) is 26.3 Å². The molecule has 6 heteroatoms. The van der Waals surface area contributed by atoms with Crippen LogP contribution in [0.3, 0.4) is 0 Å². The number of amides is 1. The van der Waals surface area contributed by atoms with Gasteiger partial charge in [-0.1, -0.05) is 38.1 Å². The Balaban J connectivity index is 1.80. The minimum Gasteiger partial charge on any atom is -0.497 e. The van der Waals surface area contributed by atoms with Crippen molar-refractivity contribution in [1.29, 1.82) is 0 Å². The average molecular weight is 421 g/mol. The van der Waals surface area contributed by atoms with Gasteiger partial charge in [0, 0.05) is 6.54 Å². The quantitative estimate of drug-likeness (QED) is 0.550. The molecule has 0 bridgehead atoms. The Kier molecular flexibility index (Phi) is 6.09. The van der Waals surface area contributed by atoms with Crippen molar-refractivity contribution >= 4 is 16.9 Å². The zero-order valence-corrected chi connectivity index (χ0v) is 18.3. The van der Waals surface area contributed by atoms with Gasteiger partial charge in [-0.25, -0.2) is 0 Å². The molecule has 1 aliphatic rings. The van der Waals surface area contributed by atoms with Crippen LogP contribution in [0.1, 0.15) is 48.0 Å². The van der Waals surface area contributed by atoms with E-state index in [9.17, 15) is 9.59 Å². The zero-order chi connectivity index (χ0) is 22.0. The number of methoxy groups -OCH3 is 1. The topological polar surface area (TPSA) is 63.0 Å². The van der Waals surface area contributed by atoms with Crippen LogP contribution < -0.4 is 10.2 Å². The Morgan fingerprint density at radius 3 is 2.58 bits per heavy atom. The summed E-state index contributed by atoms with van der Waals surface area (Å²) in [6, 6.07) is 14.2. The van der Waals surface area contributed by atoms with Gasteiger partial charge in [-0.15, -0.1) is 0 Å². The number of carbonyl (C=O) groups is 1. The van der Waals surface area contributed by atoms with Gasteiger partial charge in [-0.05, 0) is 55.9 Å². The van der Waals surface area contributed by atoms with E-state index in [-0.39, 0.29) is 17.1 Å². The molecule has 4 rings (SSSR count). The first-order chi connectivity index (χ1) is 15.1. The second kappa shape index (κ2) is 8.94. The van der Waals surface area contributed by atoms with Gasteiger partial charge in [0.15, 0.2) is 5.43 Å². The molecule has 0 N–H and O–H groups in total. The Labute approximate surface area is 182 Å². The summed E-state index contributed by atoms with van der Waals surface area (Å²) in [5, 5.41) is 0.493. The zero-order valence-electron chi connectivity index (χ0n) is 18.3. The molecule has 2 heterocycles. The SMILES string of the molecule is CCN(CC)CCCN1C(=O)c2oc3ccccc3c(=O)c2[C@@H]1c1cccc(OC)c1. The lowest BCUT2D eigenvalue weighted by Gasteiger charge is -2.27. The molecule has 0 aliphatic carbocycles. The minimum absolute atomic E-state index is 0.149. The largest absolute Gasteiger partial charge is 0.497 e. The lowest BCUT2D eigenvalue weighted by atomic mass is 9.98. The van der Waals surface area contributed by atoms with Gasteiger partial charge >= 0.3 is 0 Å². The highest BCUT2D eigenvalue weighted by Crippen LogP contribution is 2.39. The van der Waals surface area contributed by atoms with Crippen molar-refractivity contribution in [3.63, 3.8) is 0 Å². The first-order valence-corrected chi connectivity index (χ1v) is 10.8. The summed E-state index contributed by atoms with van der Waals surface area (Å²) in [6.45, 7) is 7.63. The standard InChI is InChI=1S/C25H28N2O4/c1-4-26(5-2)14-9-15-27-22(17-10-8-11-18(16-17)30-3)21-23(28)19-12-6-7-13-20(19)31-24(21)25(27)29/h6-8,10-13,16,22H,4-5,9,14-15H2,1-3H3/t22-/m0/s1. The van der Waals surface area contributed by atoms with E-state index in [0.29, 0.717) is 28.8 Å². The summed E-state index contributed by atoms with van der Waals surface area (Å²) in [7, 11) is 1.61. The molecule has 0 radical (unpaired) electrons. The Hall–Kier alpha value is -3.12. The van der Waals surface area contributed by atoms with E-state index < -0.39 is 6.04 Å². The van der Waals surface area contributed by atoms with Crippen molar-refractivity contribution in [2.75, 3.05) is 33.3 Å². The van der Waals surface area contributed by atoms with E-state index in [2.05, 4.69) is 18.7 Å². The smallest absolute Gasteiger partial charge is 0.290 e. The summed E-state index contributed by atoms with van der Waals surface area (Å²) < 4.78 is 11.4. The fourth-order valence-electron chi connectivity index (χ4n) is 4.36. The van der Waals surface area contributed by atoms with E-state index in [4.69, 9.17) is 9.15 Å². The molecule has 2 aromatic carbocycles. The number of rotatable bonds is 8. The molecule has 0 unspecified atom stereocenters. The first-order valence-electron chi connectivity index (χ1n) is 10.8. The lowest BCUT2D eigenvalue weighted by Crippen LogP contribution is -2.33. The maximum atomic E-state index is 13.4. The van der Waals surface area contributed by atoms with Gasteiger partial charge in [-0.3, -0.25) is 9.59 Å². The third-order valence-electron chi connectivity index (χ3n) is 6.05. The number of benzene rings is 2. The van der Waals surface area contributed by atoms with Crippen LogP contribution in [0.2, 0.25) is 0 Å². The molecular weight excluding hydrogens is 392 g/mol. The molecule has 0 saturated carbocycles. The summed E-state index contributed by atoms with van der Waals surface area (Å²) in [4.78, 5) is 30.9. The maximum Gasteiger partial charge on any atom is 0.290 e. The molecule has 31 heavy (non-hydrogen) atoms. The van der Waals surface area contributed by atoms with Crippen molar-refractivity contribution < 1.29 is 13.9 Å². The second-order valence-corrected chi connectivity index (χ2v) is 7.73. The highest BCUT2D eigenvalue weighted by atomic mass is 16.5. The maximum absolute atomic E-state index is 13.4. The summed E-state index contributed by atoms with van der Waals surface area (Å²) in [5.41, 5.74) is 1.55. The normalized spacial score (nSPS) is 15.7. The monoisotopic (exact) mass is 420 g/mol. The van der Waals surface area contributed by atoms with Crippen molar-refractivity contribution in [1.82, 2.24) is 9.80 Å². The third kappa shape index (κ3) is 3.83. The molecule has 1 atom stereocenters. The summed E-state index contributed by atoms with van der Waals surface area (Å²) >= 11 is 0. The number of hydrogen-bond donors (Lipinski definition) is 0. The van der Waals surface area contributed by atoms with Crippen LogP contribution in [-0.2, 0) is 0 Å². The Morgan fingerprint density at radius 2 is 1.84 bits per heavy atom. The lowest BCUT2D eigenvalue weighted by molar-refractivity contribution is 0.0720. The number of ether oxygens (including phenoxy) is 1. The molecule has 3 aromatic rings. The molecule has 162 valence electrons. The van der Waals surface area contributed by atoms with E-state index in [0.717, 1.165) is 31.6 Å². The number of hydrogen-bond acceptors (Lipinski definition) is 5. The molecular formula is C25H28N2O4. The van der Waals surface area contributed by atoms with Crippen LogP contribution in [0.25, 0.3) is 11.0 Å². The molecule has 0 saturated heterocycles. The van der Waals surface area contributed by atoms with Gasteiger partial charge in [0.2, 0.25) is 5.76 Å². The minimum atomic E-state index is -0.491. The molecule has 0 fully saturated rings. The van der Waals surface area contributed by atoms with Gasteiger partial charge in [0.25, 0.3) is 5.91 Å². The molecule has 6 nitrogen and oxygen atoms in total. The molecule has 1 aliphatic heterocycles. The number of carbonyl (C=O) groups excluding carboxylic acids is 1. The third-order valence-corrected chi connectivity index (χ3v) is 6.05. The van der Waals surface area contributed by atoms with Crippen molar-refractivity contribution in [3.8, 4) is 5.75 Å². The number of fused-ring (bicyclic) bond motifs is 2. The average Bonchev–Trinajstić information content (AvgIpc) is 3.09. The molecule has 1 amide bonds. The predicted molar refractivity (Wildman–Crippen MR) is 121 cm³/mol. The van der Waals surface area contributed by atoms with Crippen molar-refractivity contribution in [3.05, 3.63) is 75.6 Å². The van der Waals surface area contributed by atoms with Crippen LogP contribution >= 0.6 is 0 Å². The fraction of sp³-hybridized carbons (Fsp3) is 0.360. The van der Waals surface area contributed by atoms with Crippen molar-refractivity contribution in [2.24, 2.45) is 0 Å². The summed E-state index contributed by atoms with van der Waals surface area (Å²) in [5.74, 6) is 0.608. The Morgan fingerprint density at radius 1 is 1.06 bits per heavy atom. The van der Waals surface area contributed by atoms with Crippen LogP contribution in [0.4, 0.5) is 0 Å². The van der Waals surface area contributed by atoms with Crippen LogP contribution in [0.15, 0.2) is 57.7 Å². The van der Waals surface area contributed by atoms with Crippen LogP contribution in [0, 0.1) is 0 Å². The van der Waals surface area contributed by atoms with Gasteiger partial charge in [0.05, 0.1) is 24.1 Å².